The highest BCUT2D eigenvalue weighted by Gasteiger charge is 2.28. The van der Waals surface area contributed by atoms with Gasteiger partial charge in [0.05, 0.1) is 7.11 Å². The second kappa shape index (κ2) is 13.2. The number of methoxy groups -OCH3 is 1. The number of hydrogen-bond donors (Lipinski definition) is 1. The van der Waals surface area contributed by atoms with Gasteiger partial charge in [-0.2, -0.15) is 0 Å². The molecule has 0 saturated heterocycles. The second-order valence-corrected chi connectivity index (χ2v) is 9.89. The molecule has 0 fully saturated rings. The van der Waals surface area contributed by atoms with Crippen molar-refractivity contribution in [2.45, 2.75) is 84.7 Å². The number of unbranched alkanes of at least 4 members (excludes halogenated alkanes) is 1. The molecule has 1 atom stereocenters. The van der Waals surface area contributed by atoms with Gasteiger partial charge in [0.15, 0.2) is 0 Å². The summed E-state index contributed by atoms with van der Waals surface area (Å²) in [5, 5.41) is 3.02. The lowest BCUT2D eigenvalue weighted by atomic mass is 9.86. The van der Waals surface area contributed by atoms with Crippen LogP contribution in [0.4, 0.5) is 0 Å². The largest absolute Gasteiger partial charge is 0.497 e. The predicted molar refractivity (Wildman–Crippen MR) is 139 cm³/mol. The lowest BCUT2D eigenvalue weighted by Crippen LogP contribution is -2.49. The van der Waals surface area contributed by atoms with Crippen molar-refractivity contribution >= 4 is 11.8 Å². The summed E-state index contributed by atoms with van der Waals surface area (Å²) in [6, 6.07) is 15.7. The van der Waals surface area contributed by atoms with Crippen LogP contribution in [0.25, 0.3) is 0 Å². The molecule has 5 heteroatoms. The Hall–Kier alpha value is -2.82. The molecule has 0 saturated carbocycles. The fourth-order valence-electron chi connectivity index (χ4n) is 3.92. The van der Waals surface area contributed by atoms with E-state index in [-0.39, 0.29) is 17.2 Å². The molecule has 0 aromatic heterocycles. The van der Waals surface area contributed by atoms with Gasteiger partial charge in [0.1, 0.15) is 11.8 Å². The van der Waals surface area contributed by atoms with Crippen LogP contribution in [0.2, 0.25) is 0 Å². The van der Waals surface area contributed by atoms with Gasteiger partial charge in [-0.3, -0.25) is 9.59 Å². The Morgan fingerprint density at radius 2 is 1.59 bits per heavy atom. The number of nitrogens with one attached hydrogen (secondary N) is 1. The highest BCUT2D eigenvalue weighted by atomic mass is 16.5. The summed E-state index contributed by atoms with van der Waals surface area (Å²) in [5.41, 5.74) is 3.48. The topological polar surface area (TPSA) is 58.6 Å². The second-order valence-electron chi connectivity index (χ2n) is 9.89. The Kier molecular flexibility index (Phi) is 10.6. The molecule has 186 valence electrons. The van der Waals surface area contributed by atoms with E-state index in [1.165, 1.54) is 5.56 Å². The smallest absolute Gasteiger partial charge is 0.242 e. The van der Waals surface area contributed by atoms with Crippen LogP contribution in [0, 0.1) is 0 Å². The van der Waals surface area contributed by atoms with Gasteiger partial charge in [-0.1, -0.05) is 77.4 Å². The van der Waals surface area contributed by atoms with E-state index in [1.807, 2.05) is 31.2 Å². The molecule has 34 heavy (non-hydrogen) atoms. The molecule has 0 aliphatic carbocycles. The maximum atomic E-state index is 13.4. The average Bonchev–Trinajstić information content (AvgIpc) is 2.82. The number of carbonyl (C=O) groups is 2. The molecule has 2 rings (SSSR count). The third-order valence-corrected chi connectivity index (χ3v) is 6.17. The van der Waals surface area contributed by atoms with Crippen LogP contribution in [0.5, 0.6) is 5.75 Å². The molecule has 0 bridgehead atoms. The van der Waals surface area contributed by atoms with Gasteiger partial charge in [-0.05, 0) is 53.5 Å². The van der Waals surface area contributed by atoms with Crippen LogP contribution in [0.3, 0.4) is 0 Å². The summed E-state index contributed by atoms with van der Waals surface area (Å²) < 4.78 is 5.26. The maximum Gasteiger partial charge on any atom is 0.242 e. The van der Waals surface area contributed by atoms with E-state index in [9.17, 15) is 9.59 Å². The molecule has 0 spiro atoms. The van der Waals surface area contributed by atoms with E-state index < -0.39 is 6.04 Å². The quantitative estimate of drug-likeness (QED) is 0.411. The van der Waals surface area contributed by atoms with Gasteiger partial charge in [0, 0.05) is 19.5 Å². The van der Waals surface area contributed by atoms with Crippen molar-refractivity contribution in [2.75, 3.05) is 13.7 Å². The molecule has 0 aliphatic rings. The summed E-state index contributed by atoms with van der Waals surface area (Å²) in [5.74, 6) is 0.685. The van der Waals surface area contributed by atoms with Gasteiger partial charge >= 0.3 is 0 Å². The van der Waals surface area contributed by atoms with Crippen molar-refractivity contribution in [2.24, 2.45) is 0 Å². The zero-order chi connectivity index (χ0) is 25.1. The first-order valence-electron chi connectivity index (χ1n) is 12.5. The number of rotatable bonds is 12. The van der Waals surface area contributed by atoms with E-state index in [1.54, 1.807) is 12.0 Å². The highest BCUT2D eigenvalue weighted by Crippen LogP contribution is 2.23. The molecule has 2 aromatic rings. The number of amides is 2. The number of nitrogens with zero attached hydrogens (tertiary/aromatic N) is 1. The Labute approximate surface area is 205 Å². The summed E-state index contributed by atoms with van der Waals surface area (Å²) >= 11 is 0. The molecular formula is C29H42N2O3. The van der Waals surface area contributed by atoms with Crippen molar-refractivity contribution in [3.05, 3.63) is 65.2 Å². The molecule has 0 radical (unpaired) electrons. The maximum absolute atomic E-state index is 13.4. The molecule has 2 aromatic carbocycles. The van der Waals surface area contributed by atoms with Crippen molar-refractivity contribution in [3.8, 4) is 5.75 Å². The lowest BCUT2D eigenvalue weighted by molar-refractivity contribution is -0.141. The van der Waals surface area contributed by atoms with Crippen molar-refractivity contribution in [1.82, 2.24) is 10.2 Å². The van der Waals surface area contributed by atoms with Crippen LogP contribution >= 0.6 is 0 Å². The monoisotopic (exact) mass is 466 g/mol. The molecule has 2 amide bonds. The third kappa shape index (κ3) is 8.19. The minimum atomic E-state index is -0.491. The fraction of sp³-hybridized carbons (Fsp3) is 0.517. The minimum absolute atomic E-state index is 0.00629. The Morgan fingerprint density at radius 3 is 2.12 bits per heavy atom. The zero-order valence-electron chi connectivity index (χ0n) is 21.8. The lowest BCUT2D eigenvalue weighted by Gasteiger charge is -2.31. The number of ether oxygens (including phenoxy) is 1. The van der Waals surface area contributed by atoms with Gasteiger partial charge in [-0.15, -0.1) is 0 Å². The van der Waals surface area contributed by atoms with Gasteiger partial charge in [-0.25, -0.2) is 0 Å². The summed E-state index contributed by atoms with van der Waals surface area (Å²) in [7, 11) is 1.63. The van der Waals surface area contributed by atoms with Gasteiger partial charge < -0.3 is 15.0 Å². The Bertz CT molecular complexity index is 898. The first kappa shape index (κ1) is 27.4. The normalized spacial score (nSPS) is 12.2. The van der Waals surface area contributed by atoms with Crippen molar-refractivity contribution < 1.29 is 14.3 Å². The minimum Gasteiger partial charge on any atom is -0.497 e. The standard InChI is InChI=1S/C29H42N2O3/c1-7-9-20-30-28(33)26(8-2)31(21-23-12-17-25(34-6)18-13-23)27(32)19-14-22-10-15-24(16-11-22)29(3,4)5/h10-13,15-18,26H,7-9,14,19-21H2,1-6H3,(H,30,33)/t26-/m1/s1. The van der Waals surface area contributed by atoms with E-state index in [0.29, 0.717) is 32.4 Å². The van der Waals surface area contributed by atoms with Crippen molar-refractivity contribution in [1.29, 1.82) is 0 Å². The number of benzene rings is 2. The third-order valence-electron chi connectivity index (χ3n) is 6.17. The molecular weight excluding hydrogens is 424 g/mol. The fourth-order valence-corrected chi connectivity index (χ4v) is 3.92. The Morgan fingerprint density at radius 1 is 0.971 bits per heavy atom. The summed E-state index contributed by atoms with van der Waals surface area (Å²) in [6.07, 6.45) is 3.53. The first-order valence-corrected chi connectivity index (χ1v) is 12.5. The van der Waals surface area contributed by atoms with Crippen LogP contribution in [0.1, 0.15) is 77.0 Å². The Balaban J connectivity index is 2.16. The zero-order valence-corrected chi connectivity index (χ0v) is 21.8. The van der Waals surface area contributed by atoms with Gasteiger partial charge in [0.25, 0.3) is 0 Å². The van der Waals surface area contributed by atoms with E-state index in [4.69, 9.17) is 4.74 Å². The van der Waals surface area contributed by atoms with Crippen molar-refractivity contribution in [3.63, 3.8) is 0 Å². The van der Waals surface area contributed by atoms with Crippen LogP contribution < -0.4 is 10.1 Å². The number of carbonyl (C=O) groups excluding carboxylic acids is 2. The molecule has 1 N–H and O–H groups in total. The summed E-state index contributed by atoms with van der Waals surface area (Å²) in [4.78, 5) is 28.1. The average molecular weight is 467 g/mol. The SMILES string of the molecule is CCCCNC(=O)[C@@H](CC)N(Cc1ccc(OC)cc1)C(=O)CCc1ccc(C(C)(C)C)cc1. The van der Waals surface area contributed by atoms with Crippen LogP contribution in [0.15, 0.2) is 48.5 Å². The van der Waals surface area contributed by atoms with E-state index in [2.05, 4.69) is 57.3 Å². The molecule has 0 heterocycles. The van der Waals surface area contributed by atoms with Gasteiger partial charge in [0.2, 0.25) is 11.8 Å². The van der Waals surface area contributed by atoms with E-state index >= 15 is 0 Å². The highest BCUT2D eigenvalue weighted by molar-refractivity contribution is 5.87. The molecule has 5 nitrogen and oxygen atoms in total. The van der Waals surface area contributed by atoms with Crippen LogP contribution in [-0.2, 0) is 28.0 Å². The summed E-state index contributed by atoms with van der Waals surface area (Å²) in [6.45, 7) is 11.7. The predicted octanol–water partition coefficient (Wildman–Crippen LogP) is 5.65. The first-order chi connectivity index (χ1) is 16.2. The molecule has 0 unspecified atom stereocenters. The number of hydrogen-bond acceptors (Lipinski definition) is 3. The number of aryl methyl sites for hydroxylation is 1. The van der Waals surface area contributed by atoms with Crippen LogP contribution in [-0.4, -0.2) is 36.4 Å². The molecule has 0 aliphatic heterocycles. The van der Waals surface area contributed by atoms with E-state index in [0.717, 1.165) is 29.7 Å².